The Morgan fingerprint density at radius 2 is 2.14 bits per heavy atom. The molecule has 0 bridgehead atoms. The molecule has 6 heteroatoms. The number of rotatable bonds is 4. The van der Waals surface area contributed by atoms with E-state index in [0.29, 0.717) is 5.11 Å². The average molecular weight is 316 g/mol. The van der Waals surface area contributed by atoms with Crippen molar-refractivity contribution in [2.24, 2.45) is 0 Å². The Morgan fingerprint density at radius 1 is 1.27 bits per heavy atom. The molecule has 1 fully saturated rings. The molecule has 5 nitrogen and oxygen atoms in total. The van der Waals surface area contributed by atoms with Crippen LogP contribution in [0.4, 0.5) is 5.69 Å². The van der Waals surface area contributed by atoms with Crippen molar-refractivity contribution in [3.63, 3.8) is 0 Å². The molecule has 0 amide bonds. The largest absolute Gasteiger partial charge is 0.379 e. The zero-order valence-electron chi connectivity index (χ0n) is 12.4. The van der Waals surface area contributed by atoms with E-state index in [2.05, 4.69) is 20.5 Å². The number of nitrogens with zero attached hydrogens (tertiary/aromatic N) is 2. The normalized spacial score (nSPS) is 15.6. The molecule has 0 unspecified atom stereocenters. The molecule has 0 radical (unpaired) electrons. The lowest BCUT2D eigenvalue weighted by Gasteiger charge is -2.26. The highest BCUT2D eigenvalue weighted by atomic mass is 32.1. The summed E-state index contributed by atoms with van der Waals surface area (Å²) in [4.78, 5) is 6.52. The van der Waals surface area contributed by atoms with Crippen LogP contribution in [-0.2, 0) is 4.74 Å². The van der Waals surface area contributed by atoms with E-state index in [1.807, 2.05) is 30.5 Å². The van der Waals surface area contributed by atoms with Gasteiger partial charge in [-0.3, -0.25) is 9.88 Å². The van der Waals surface area contributed by atoms with Crippen molar-refractivity contribution in [1.29, 1.82) is 0 Å². The number of ether oxygens (including phenoxy) is 1. The molecule has 0 saturated carbocycles. The smallest absolute Gasteiger partial charge is 0.170 e. The van der Waals surface area contributed by atoms with Gasteiger partial charge in [0.05, 0.1) is 13.2 Å². The van der Waals surface area contributed by atoms with E-state index in [1.165, 1.54) is 0 Å². The lowest BCUT2D eigenvalue weighted by Crippen LogP contribution is -2.42. The number of benzene rings is 1. The van der Waals surface area contributed by atoms with Crippen LogP contribution in [0.2, 0.25) is 0 Å². The number of anilines is 1. The number of nitrogens with one attached hydrogen (secondary N) is 2. The van der Waals surface area contributed by atoms with Crippen LogP contribution in [-0.4, -0.2) is 54.4 Å². The van der Waals surface area contributed by atoms with Crippen molar-refractivity contribution in [1.82, 2.24) is 15.2 Å². The number of pyridine rings is 1. The summed E-state index contributed by atoms with van der Waals surface area (Å²) in [6.45, 7) is 5.46. The third kappa shape index (κ3) is 3.91. The van der Waals surface area contributed by atoms with Gasteiger partial charge in [-0.1, -0.05) is 12.1 Å². The van der Waals surface area contributed by atoms with Gasteiger partial charge < -0.3 is 15.4 Å². The number of aromatic nitrogens is 1. The molecule has 0 aliphatic carbocycles. The molecule has 2 N–H and O–H groups in total. The molecule has 22 heavy (non-hydrogen) atoms. The van der Waals surface area contributed by atoms with Gasteiger partial charge in [0.15, 0.2) is 5.11 Å². The number of hydrogen-bond donors (Lipinski definition) is 2. The summed E-state index contributed by atoms with van der Waals surface area (Å²) in [5.74, 6) is 0. The average Bonchev–Trinajstić information content (AvgIpc) is 2.56. The number of hydrogen-bond acceptors (Lipinski definition) is 4. The minimum absolute atomic E-state index is 0.651. The Kier molecular flexibility index (Phi) is 5.15. The molecule has 3 rings (SSSR count). The number of fused-ring (bicyclic) bond motifs is 1. The summed E-state index contributed by atoms with van der Waals surface area (Å²) in [5, 5.41) is 9.41. The summed E-state index contributed by atoms with van der Waals surface area (Å²) in [5.41, 5.74) is 1.00. The van der Waals surface area contributed by atoms with Crippen LogP contribution >= 0.6 is 12.2 Å². The predicted octanol–water partition coefficient (Wildman–Crippen LogP) is 1.85. The highest BCUT2D eigenvalue weighted by Crippen LogP contribution is 2.21. The van der Waals surface area contributed by atoms with E-state index < -0.39 is 0 Å². The third-order valence-electron chi connectivity index (χ3n) is 3.75. The molecule has 1 aliphatic heterocycles. The topological polar surface area (TPSA) is 49.4 Å². The maximum Gasteiger partial charge on any atom is 0.170 e. The van der Waals surface area contributed by atoms with E-state index in [4.69, 9.17) is 17.0 Å². The Labute approximate surface area is 135 Å². The molecule has 0 atom stereocenters. The number of morpholine rings is 1. The summed E-state index contributed by atoms with van der Waals surface area (Å²) < 4.78 is 5.34. The van der Waals surface area contributed by atoms with Gasteiger partial charge in [0.25, 0.3) is 0 Å². The van der Waals surface area contributed by atoms with Crippen LogP contribution in [0.3, 0.4) is 0 Å². The second-order valence-electron chi connectivity index (χ2n) is 5.24. The fourth-order valence-electron chi connectivity index (χ4n) is 2.55. The molecule has 1 saturated heterocycles. The van der Waals surface area contributed by atoms with Crippen LogP contribution in [0.1, 0.15) is 0 Å². The second kappa shape index (κ2) is 7.49. The zero-order chi connectivity index (χ0) is 15.2. The first-order valence-corrected chi connectivity index (χ1v) is 7.91. The van der Waals surface area contributed by atoms with Crippen LogP contribution in [0.5, 0.6) is 0 Å². The molecule has 0 spiro atoms. The van der Waals surface area contributed by atoms with Crippen LogP contribution < -0.4 is 10.6 Å². The van der Waals surface area contributed by atoms with Crippen molar-refractivity contribution in [2.75, 3.05) is 44.7 Å². The summed E-state index contributed by atoms with van der Waals surface area (Å²) in [6, 6.07) is 8.07. The van der Waals surface area contributed by atoms with Gasteiger partial charge in [0.1, 0.15) is 0 Å². The van der Waals surface area contributed by atoms with Crippen molar-refractivity contribution < 1.29 is 4.74 Å². The second-order valence-corrected chi connectivity index (χ2v) is 5.65. The summed E-state index contributed by atoms with van der Waals surface area (Å²) in [6.07, 6.45) is 3.65. The van der Waals surface area contributed by atoms with Gasteiger partial charge in [0.2, 0.25) is 0 Å². The van der Waals surface area contributed by atoms with Crippen molar-refractivity contribution >= 4 is 33.8 Å². The fourth-order valence-corrected chi connectivity index (χ4v) is 2.76. The van der Waals surface area contributed by atoms with Crippen LogP contribution in [0.15, 0.2) is 36.7 Å². The van der Waals surface area contributed by atoms with Gasteiger partial charge in [-0.2, -0.15) is 0 Å². The van der Waals surface area contributed by atoms with Gasteiger partial charge >= 0.3 is 0 Å². The van der Waals surface area contributed by atoms with E-state index in [0.717, 1.165) is 55.9 Å². The first-order valence-electron chi connectivity index (χ1n) is 7.50. The van der Waals surface area contributed by atoms with E-state index in [-0.39, 0.29) is 0 Å². The Morgan fingerprint density at radius 3 is 3.00 bits per heavy atom. The Hall–Kier alpha value is -1.76. The molecule has 1 aromatic carbocycles. The van der Waals surface area contributed by atoms with Crippen molar-refractivity contribution in [2.45, 2.75) is 0 Å². The first kappa shape index (κ1) is 15.1. The number of thiocarbonyl (C=S) groups is 1. The highest BCUT2D eigenvalue weighted by Gasteiger charge is 2.09. The van der Waals surface area contributed by atoms with E-state index >= 15 is 0 Å². The van der Waals surface area contributed by atoms with Crippen molar-refractivity contribution in [3.05, 3.63) is 36.7 Å². The maximum atomic E-state index is 5.38. The lowest BCUT2D eigenvalue weighted by atomic mass is 10.1. The third-order valence-corrected chi connectivity index (χ3v) is 3.99. The molecule has 1 aromatic heterocycles. The molecule has 1 aliphatic rings. The fraction of sp³-hybridized carbons (Fsp3) is 0.375. The quantitative estimate of drug-likeness (QED) is 0.840. The zero-order valence-corrected chi connectivity index (χ0v) is 13.2. The highest BCUT2D eigenvalue weighted by molar-refractivity contribution is 7.80. The van der Waals surface area contributed by atoms with Crippen LogP contribution in [0.25, 0.3) is 10.8 Å². The van der Waals surface area contributed by atoms with Gasteiger partial charge in [-0.15, -0.1) is 0 Å². The lowest BCUT2D eigenvalue weighted by molar-refractivity contribution is 0.0389. The predicted molar refractivity (Wildman–Crippen MR) is 93.2 cm³/mol. The summed E-state index contributed by atoms with van der Waals surface area (Å²) >= 11 is 5.38. The van der Waals surface area contributed by atoms with E-state index in [1.54, 1.807) is 6.20 Å². The van der Waals surface area contributed by atoms with Crippen molar-refractivity contribution in [3.8, 4) is 0 Å². The Bertz CT molecular complexity index is 638. The molecular formula is C16H20N4OS. The van der Waals surface area contributed by atoms with Gasteiger partial charge in [-0.25, -0.2) is 0 Å². The van der Waals surface area contributed by atoms with Gasteiger partial charge in [-0.05, 0) is 24.4 Å². The molecule has 2 heterocycles. The molecule has 2 aromatic rings. The summed E-state index contributed by atoms with van der Waals surface area (Å²) in [7, 11) is 0. The molecular weight excluding hydrogens is 296 g/mol. The monoisotopic (exact) mass is 316 g/mol. The maximum absolute atomic E-state index is 5.38. The van der Waals surface area contributed by atoms with Crippen LogP contribution in [0, 0.1) is 0 Å². The minimum Gasteiger partial charge on any atom is -0.379 e. The van der Waals surface area contributed by atoms with Gasteiger partial charge in [0, 0.05) is 55.0 Å². The first-order chi connectivity index (χ1) is 10.8. The SMILES string of the molecule is S=C(NCCN1CCOCC1)Nc1cccc2cnccc12. The Balaban J connectivity index is 1.52. The minimum atomic E-state index is 0.651. The standard InChI is InChI=1S/C16H20N4OS/c22-16(18-6-7-20-8-10-21-11-9-20)19-15-3-1-2-13-12-17-5-4-14(13)15/h1-5,12H,6-11H2,(H2,18,19,22). The molecule has 116 valence electrons. The van der Waals surface area contributed by atoms with E-state index in [9.17, 15) is 0 Å².